The van der Waals surface area contributed by atoms with Gasteiger partial charge in [0.1, 0.15) is 0 Å². The topological polar surface area (TPSA) is 66.9 Å². The SMILES string of the molecule is CC(C)c1ccccc1Nc1cncc(C(=O)NCc2ccccn2)c1. The van der Waals surface area contributed by atoms with Crippen molar-refractivity contribution in [3.8, 4) is 0 Å². The van der Waals surface area contributed by atoms with E-state index in [1.54, 1.807) is 24.7 Å². The molecule has 5 heteroatoms. The highest BCUT2D eigenvalue weighted by Crippen LogP contribution is 2.26. The van der Waals surface area contributed by atoms with E-state index in [0.29, 0.717) is 18.0 Å². The monoisotopic (exact) mass is 346 g/mol. The van der Waals surface area contributed by atoms with Gasteiger partial charge in [0.2, 0.25) is 0 Å². The summed E-state index contributed by atoms with van der Waals surface area (Å²) >= 11 is 0. The zero-order valence-corrected chi connectivity index (χ0v) is 14.9. The molecule has 2 N–H and O–H groups in total. The molecule has 3 rings (SSSR count). The van der Waals surface area contributed by atoms with Crippen molar-refractivity contribution < 1.29 is 4.79 Å². The number of anilines is 2. The van der Waals surface area contributed by atoms with E-state index < -0.39 is 0 Å². The number of pyridine rings is 2. The van der Waals surface area contributed by atoms with E-state index in [2.05, 4.69) is 40.5 Å². The van der Waals surface area contributed by atoms with Crippen molar-refractivity contribution in [1.29, 1.82) is 0 Å². The molecule has 0 atom stereocenters. The van der Waals surface area contributed by atoms with Crippen molar-refractivity contribution in [1.82, 2.24) is 15.3 Å². The van der Waals surface area contributed by atoms with Crippen molar-refractivity contribution in [2.75, 3.05) is 5.32 Å². The maximum Gasteiger partial charge on any atom is 0.253 e. The molecule has 0 fully saturated rings. The van der Waals surface area contributed by atoms with Gasteiger partial charge >= 0.3 is 0 Å². The minimum absolute atomic E-state index is 0.177. The first kappa shape index (κ1) is 17.6. The summed E-state index contributed by atoms with van der Waals surface area (Å²) in [4.78, 5) is 20.8. The lowest BCUT2D eigenvalue weighted by atomic mass is 10.0. The van der Waals surface area contributed by atoms with Crippen LogP contribution in [0.3, 0.4) is 0 Å². The summed E-state index contributed by atoms with van der Waals surface area (Å²) in [7, 11) is 0. The van der Waals surface area contributed by atoms with Gasteiger partial charge in [0.15, 0.2) is 0 Å². The van der Waals surface area contributed by atoms with E-state index in [1.807, 2.05) is 36.4 Å². The highest BCUT2D eigenvalue weighted by Gasteiger charge is 2.09. The number of rotatable bonds is 6. The number of amides is 1. The summed E-state index contributed by atoms with van der Waals surface area (Å²) in [5.41, 5.74) is 4.35. The number of carbonyl (C=O) groups is 1. The Labute approximate surface area is 153 Å². The van der Waals surface area contributed by atoms with Crippen LogP contribution in [0.15, 0.2) is 67.1 Å². The number of nitrogens with zero attached hydrogens (tertiary/aromatic N) is 2. The summed E-state index contributed by atoms with van der Waals surface area (Å²) in [6.07, 6.45) is 4.99. The zero-order chi connectivity index (χ0) is 18.4. The third-order valence-corrected chi connectivity index (χ3v) is 4.02. The van der Waals surface area contributed by atoms with Crippen molar-refractivity contribution in [2.45, 2.75) is 26.3 Å². The van der Waals surface area contributed by atoms with Crippen LogP contribution >= 0.6 is 0 Å². The van der Waals surface area contributed by atoms with Crippen LogP contribution < -0.4 is 10.6 Å². The lowest BCUT2D eigenvalue weighted by Crippen LogP contribution is -2.23. The molecule has 26 heavy (non-hydrogen) atoms. The molecule has 0 unspecified atom stereocenters. The molecular formula is C21H22N4O. The molecular weight excluding hydrogens is 324 g/mol. The predicted molar refractivity (Wildman–Crippen MR) is 103 cm³/mol. The number of para-hydroxylation sites is 1. The third-order valence-electron chi connectivity index (χ3n) is 4.02. The highest BCUT2D eigenvalue weighted by molar-refractivity contribution is 5.94. The van der Waals surface area contributed by atoms with E-state index in [1.165, 1.54) is 5.56 Å². The zero-order valence-electron chi connectivity index (χ0n) is 14.9. The molecule has 0 aliphatic carbocycles. The van der Waals surface area contributed by atoms with Crippen LogP contribution in [-0.2, 0) is 6.54 Å². The van der Waals surface area contributed by atoms with Gasteiger partial charge < -0.3 is 10.6 Å². The number of nitrogens with one attached hydrogen (secondary N) is 2. The fourth-order valence-corrected chi connectivity index (χ4v) is 2.68. The Hall–Kier alpha value is -3.21. The summed E-state index contributed by atoms with van der Waals surface area (Å²) in [6.45, 7) is 4.69. The van der Waals surface area contributed by atoms with E-state index in [-0.39, 0.29) is 5.91 Å². The van der Waals surface area contributed by atoms with Crippen molar-refractivity contribution >= 4 is 17.3 Å². The molecule has 0 aliphatic rings. The number of aromatic nitrogens is 2. The van der Waals surface area contributed by atoms with Crippen LogP contribution in [0.4, 0.5) is 11.4 Å². The van der Waals surface area contributed by atoms with E-state index in [9.17, 15) is 4.79 Å². The molecule has 2 aromatic heterocycles. The van der Waals surface area contributed by atoms with Gasteiger partial charge in [-0.25, -0.2) is 0 Å². The van der Waals surface area contributed by atoms with E-state index >= 15 is 0 Å². The Morgan fingerprint density at radius 3 is 2.65 bits per heavy atom. The molecule has 3 aromatic rings. The molecule has 0 aliphatic heterocycles. The molecule has 0 saturated carbocycles. The van der Waals surface area contributed by atoms with E-state index in [0.717, 1.165) is 17.1 Å². The van der Waals surface area contributed by atoms with Crippen molar-refractivity contribution in [2.24, 2.45) is 0 Å². The number of benzene rings is 1. The first-order valence-electron chi connectivity index (χ1n) is 8.62. The maximum absolute atomic E-state index is 12.4. The molecule has 0 bridgehead atoms. The molecule has 0 spiro atoms. The summed E-state index contributed by atoms with van der Waals surface area (Å²) in [5, 5.41) is 6.23. The second-order valence-corrected chi connectivity index (χ2v) is 6.33. The second kappa shape index (κ2) is 8.25. The van der Waals surface area contributed by atoms with Gasteiger partial charge in [-0.15, -0.1) is 0 Å². The van der Waals surface area contributed by atoms with Gasteiger partial charge in [-0.3, -0.25) is 14.8 Å². The number of hydrogen-bond donors (Lipinski definition) is 2. The number of carbonyl (C=O) groups excluding carboxylic acids is 1. The van der Waals surface area contributed by atoms with Crippen molar-refractivity contribution in [3.63, 3.8) is 0 Å². The Bertz CT molecular complexity index is 878. The predicted octanol–water partition coefficient (Wildman–Crippen LogP) is 4.27. The molecule has 5 nitrogen and oxygen atoms in total. The minimum Gasteiger partial charge on any atom is -0.354 e. The largest absolute Gasteiger partial charge is 0.354 e. The molecule has 2 heterocycles. The van der Waals surface area contributed by atoms with Crippen LogP contribution in [0.2, 0.25) is 0 Å². The van der Waals surface area contributed by atoms with Gasteiger partial charge in [-0.1, -0.05) is 38.1 Å². The normalized spacial score (nSPS) is 10.6. The molecule has 1 aromatic carbocycles. The summed E-state index contributed by atoms with van der Waals surface area (Å²) < 4.78 is 0. The Morgan fingerprint density at radius 1 is 1.08 bits per heavy atom. The average molecular weight is 346 g/mol. The van der Waals surface area contributed by atoms with Gasteiger partial charge in [0.25, 0.3) is 5.91 Å². The Balaban J connectivity index is 1.71. The lowest BCUT2D eigenvalue weighted by molar-refractivity contribution is 0.0950. The first-order chi connectivity index (χ1) is 12.6. The standard InChI is InChI=1S/C21H22N4O/c1-15(2)19-8-3-4-9-20(19)25-18-11-16(12-22-13-18)21(26)24-14-17-7-5-6-10-23-17/h3-13,15,25H,14H2,1-2H3,(H,24,26). The van der Waals surface area contributed by atoms with Gasteiger partial charge in [-0.2, -0.15) is 0 Å². The average Bonchev–Trinajstić information content (AvgIpc) is 2.67. The quantitative estimate of drug-likeness (QED) is 0.699. The van der Waals surface area contributed by atoms with Crippen LogP contribution in [0.25, 0.3) is 0 Å². The summed E-state index contributed by atoms with van der Waals surface area (Å²) in [5.74, 6) is 0.223. The number of hydrogen-bond acceptors (Lipinski definition) is 4. The highest BCUT2D eigenvalue weighted by atomic mass is 16.1. The molecule has 0 radical (unpaired) electrons. The van der Waals surface area contributed by atoms with Gasteiger partial charge in [-0.05, 0) is 35.7 Å². The second-order valence-electron chi connectivity index (χ2n) is 6.33. The molecule has 0 saturated heterocycles. The van der Waals surface area contributed by atoms with Crippen LogP contribution in [0.5, 0.6) is 0 Å². The first-order valence-corrected chi connectivity index (χ1v) is 8.62. The van der Waals surface area contributed by atoms with Crippen LogP contribution in [0, 0.1) is 0 Å². The van der Waals surface area contributed by atoms with Crippen LogP contribution in [0.1, 0.15) is 41.4 Å². The smallest absolute Gasteiger partial charge is 0.253 e. The Kier molecular flexibility index (Phi) is 5.59. The van der Waals surface area contributed by atoms with Crippen LogP contribution in [-0.4, -0.2) is 15.9 Å². The Morgan fingerprint density at radius 2 is 1.88 bits per heavy atom. The maximum atomic E-state index is 12.4. The molecule has 132 valence electrons. The van der Waals surface area contributed by atoms with Gasteiger partial charge in [0, 0.05) is 18.1 Å². The molecule has 1 amide bonds. The lowest BCUT2D eigenvalue weighted by Gasteiger charge is -2.14. The van der Waals surface area contributed by atoms with E-state index in [4.69, 9.17) is 0 Å². The fourth-order valence-electron chi connectivity index (χ4n) is 2.68. The summed E-state index contributed by atoms with van der Waals surface area (Å²) in [6, 6.07) is 15.6. The fraction of sp³-hybridized carbons (Fsp3) is 0.190. The van der Waals surface area contributed by atoms with Crippen molar-refractivity contribution in [3.05, 3.63) is 83.9 Å². The third kappa shape index (κ3) is 4.45. The van der Waals surface area contributed by atoms with Gasteiger partial charge in [0.05, 0.1) is 29.7 Å². The minimum atomic E-state index is -0.177.